The molecule has 5 atom stereocenters. The zero-order valence-electron chi connectivity index (χ0n) is 18.7. The quantitative estimate of drug-likeness (QED) is 0.768. The van der Waals surface area contributed by atoms with E-state index in [1.807, 2.05) is 4.90 Å². The lowest BCUT2D eigenvalue weighted by Gasteiger charge is -2.73. The van der Waals surface area contributed by atoms with Gasteiger partial charge in [-0.15, -0.1) is 0 Å². The summed E-state index contributed by atoms with van der Waals surface area (Å²) in [7, 11) is 0. The third-order valence-corrected chi connectivity index (χ3v) is 9.72. The Kier molecular flexibility index (Phi) is 4.51. The molecule has 0 radical (unpaired) electrons. The fourth-order valence-electron chi connectivity index (χ4n) is 8.59. The predicted molar refractivity (Wildman–Crippen MR) is 119 cm³/mol. The molecule has 5 heteroatoms. The zero-order chi connectivity index (χ0) is 21.2. The van der Waals surface area contributed by atoms with Crippen LogP contribution in [0.2, 0.25) is 0 Å². The predicted octanol–water partition coefficient (Wildman–Crippen LogP) is 2.97. The minimum atomic E-state index is 0.0696. The van der Waals surface area contributed by atoms with Crippen LogP contribution in [0, 0.1) is 35.5 Å². The summed E-state index contributed by atoms with van der Waals surface area (Å²) in [5, 5.41) is 2.99. The molecule has 5 nitrogen and oxygen atoms in total. The maximum atomic E-state index is 12.8. The molecule has 1 aromatic carbocycles. The van der Waals surface area contributed by atoms with Gasteiger partial charge in [-0.05, 0) is 73.2 Å². The van der Waals surface area contributed by atoms with Crippen molar-refractivity contribution < 1.29 is 9.59 Å². The number of aryl methyl sites for hydroxylation is 1. The van der Waals surface area contributed by atoms with Crippen molar-refractivity contribution in [3.63, 3.8) is 0 Å². The van der Waals surface area contributed by atoms with Gasteiger partial charge in [-0.3, -0.25) is 14.5 Å². The summed E-state index contributed by atoms with van der Waals surface area (Å²) in [6.07, 6.45) is 7.44. The Morgan fingerprint density at radius 1 is 1.06 bits per heavy atom. The lowest BCUT2D eigenvalue weighted by molar-refractivity contribution is -0.245. The van der Waals surface area contributed by atoms with Crippen LogP contribution < -0.4 is 5.32 Å². The van der Waals surface area contributed by atoms with E-state index in [9.17, 15) is 9.59 Å². The Labute approximate surface area is 185 Å². The highest BCUT2D eigenvalue weighted by Crippen LogP contribution is 2.87. The highest BCUT2D eigenvalue weighted by atomic mass is 16.2. The van der Waals surface area contributed by atoms with Gasteiger partial charge >= 0.3 is 0 Å². The summed E-state index contributed by atoms with van der Waals surface area (Å²) >= 11 is 0. The monoisotopic (exact) mass is 421 g/mol. The standard InChI is InChI=1S/C26H35N3O2/c1-18-3-2-4-19(9-18)17-28-5-7-29(8-6-28)24(31)16-27-23(30)15-25-12-20-10-21-11-22(14-25)26(21,25)13-20/h2-4,9,20-22H,5-8,10-17H2,1H3,(H,27,30). The summed E-state index contributed by atoms with van der Waals surface area (Å²) in [6.45, 7) is 6.51. The van der Waals surface area contributed by atoms with Gasteiger partial charge in [0.05, 0.1) is 6.54 Å². The van der Waals surface area contributed by atoms with E-state index in [1.54, 1.807) is 0 Å². The summed E-state index contributed by atoms with van der Waals surface area (Å²) in [6, 6.07) is 8.64. The minimum Gasteiger partial charge on any atom is -0.347 e. The number of carbonyl (C=O) groups is 2. The van der Waals surface area contributed by atoms with Gasteiger partial charge in [0, 0.05) is 39.1 Å². The topological polar surface area (TPSA) is 52.6 Å². The van der Waals surface area contributed by atoms with Gasteiger partial charge < -0.3 is 10.2 Å². The minimum absolute atomic E-state index is 0.0696. The number of piperazine rings is 1. The van der Waals surface area contributed by atoms with Crippen molar-refractivity contribution in [1.82, 2.24) is 15.1 Å². The Balaban J connectivity index is 0.958. The van der Waals surface area contributed by atoms with Gasteiger partial charge in [0.25, 0.3) is 0 Å². The molecule has 4 saturated carbocycles. The van der Waals surface area contributed by atoms with E-state index in [0.29, 0.717) is 11.8 Å². The van der Waals surface area contributed by atoms with Crippen molar-refractivity contribution >= 4 is 11.8 Å². The second-order valence-electron chi connectivity index (χ2n) is 11.3. The molecule has 1 aromatic rings. The van der Waals surface area contributed by atoms with Crippen LogP contribution in [-0.2, 0) is 16.1 Å². The van der Waals surface area contributed by atoms with Crippen LogP contribution in [0.25, 0.3) is 0 Å². The van der Waals surface area contributed by atoms with E-state index >= 15 is 0 Å². The maximum Gasteiger partial charge on any atom is 0.242 e. The Bertz CT molecular complexity index is 908. The van der Waals surface area contributed by atoms with Gasteiger partial charge in [-0.2, -0.15) is 0 Å². The molecule has 1 N–H and O–H groups in total. The molecule has 0 aromatic heterocycles. The molecule has 5 unspecified atom stereocenters. The zero-order valence-corrected chi connectivity index (χ0v) is 18.7. The largest absolute Gasteiger partial charge is 0.347 e. The van der Waals surface area contributed by atoms with Crippen molar-refractivity contribution in [2.24, 2.45) is 28.6 Å². The first-order valence-corrected chi connectivity index (χ1v) is 12.3. The maximum absolute atomic E-state index is 12.8. The van der Waals surface area contributed by atoms with Gasteiger partial charge in [0.1, 0.15) is 0 Å². The summed E-state index contributed by atoms with van der Waals surface area (Å²) in [5.74, 6) is 2.88. The lowest BCUT2D eigenvalue weighted by Crippen LogP contribution is -2.67. The number of amides is 2. The molecule has 2 amide bonds. The highest BCUT2D eigenvalue weighted by molar-refractivity contribution is 5.85. The third kappa shape index (κ3) is 2.99. The van der Waals surface area contributed by atoms with Crippen molar-refractivity contribution in [3.05, 3.63) is 35.4 Å². The number of fused-ring (bicyclic) bond motifs is 1. The number of hydrogen-bond acceptors (Lipinski definition) is 3. The van der Waals surface area contributed by atoms with Gasteiger partial charge in [-0.25, -0.2) is 0 Å². The van der Waals surface area contributed by atoms with E-state index in [1.165, 1.54) is 43.2 Å². The first kappa shape index (κ1) is 19.8. The Morgan fingerprint density at radius 2 is 1.90 bits per heavy atom. The number of rotatable bonds is 6. The molecule has 31 heavy (non-hydrogen) atoms. The molecule has 1 aliphatic heterocycles. The van der Waals surface area contributed by atoms with Crippen LogP contribution in [0.5, 0.6) is 0 Å². The van der Waals surface area contributed by atoms with E-state index in [2.05, 4.69) is 41.4 Å². The van der Waals surface area contributed by atoms with Crippen LogP contribution in [0.15, 0.2) is 24.3 Å². The number of benzene rings is 1. The summed E-state index contributed by atoms with van der Waals surface area (Å²) < 4.78 is 0. The third-order valence-electron chi connectivity index (χ3n) is 9.72. The fraction of sp³-hybridized carbons (Fsp3) is 0.692. The number of carbonyl (C=O) groups excluding carboxylic acids is 2. The molecule has 1 spiro atoms. The smallest absolute Gasteiger partial charge is 0.242 e. The molecular weight excluding hydrogens is 386 g/mol. The normalized spacial score (nSPS) is 37.7. The van der Waals surface area contributed by atoms with Crippen LogP contribution in [0.1, 0.15) is 49.7 Å². The molecule has 4 aliphatic carbocycles. The van der Waals surface area contributed by atoms with Crippen molar-refractivity contribution in [2.75, 3.05) is 32.7 Å². The van der Waals surface area contributed by atoms with Crippen molar-refractivity contribution in [2.45, 2.75) is 52.0 Å². The van der Waals surface area contributed by atoms with E-state index in [0.717, 1.165) is 50.5 Å². The van der Waals surface area contributed by atoms with Gasteiger partial charge in [0.15, 0.2) is 0 Å². The van der Waals surface area contributed by atoms with Gasteiger partial charge in [0.2, 0.25) is 11.8 Å². The summed E-state index contributed by atoms with van der Waals surface area (Å²) in [5.41, 5.74) is 3.44. The second-order valence-corrected chi connectivity index (χ2v) is 11.3. The first-order valence-electron chi connectivity index (χ1n) is 12.3. The van der Waals surface area contributed by atoms with Crippen molar-refractivity contribution in [3.8, 4) is 0 Å². The Hall–Kier alpha value is -1.88. The van der Waals surface area contributed by atoms with Crippen LogP contribution in [-0.4, -0.2) is 54.3 Å². The van der Waals surface area contributed by atoms with Crippen molar-refractivity contribution in [1.29, 1.82) is 0 Å². The summed E-state index contributed by atoms with van der Waals surface area (Å²) in [4.78, 5) is 29.8. The van der Waals surface area contributed by atoms with Crippen LogP contribution in [0.4, 0.5) is 0 Å². The molecule has 6 rings (SSSR count). The first-order chi connectivity index (χ1) is 15.0. The molecule has 5 fully saturated rings. The van der Waals surface area contributed by atoms with E-state index < -0.39 is 0 Å². The number of nitrogens with zero attached hydrogens (tertiary/aromatic N) is 2. The second kappa shape index (κ2) is 7.06. The Morgan fingerprint density at radius 3 is 2.65 bits per heavy atom. The molecule has 166 valence electrons. The SMILES string of the molecule is Cc1cccc(CN2CCN(C(=O)CNC(=O)CC34CC5CC6CC(C3)C64C5)CC2)c1. The fourth-order valence-corrected chi connectivity index (χ4v) is 8.59. The number of hydrogen-bond donors (Lipinski definition) is 1. The molecule has 2 bridgehead atoms. The lowest BCUT2D eigenvalue weighted by atomic mass is 9.31. The molecular formula is C26H35N3O2. The molecule has 1 saturated heterocycles. The average Bonchev–Trinajstić information content (AvgIpc) is 3.22. The molecule has 5 aliphatic rings. The van der Waals surface area contributed by atoms with Crippen LogP contribution >= 0.6 is 0 Å². The van der Waals surface area contributed by atoms with Crippen LogP contribution in [0.3, 0.4) is 0 Å². The average molecular weight is 422 g/mol. The number of nitrogens with one attached hydrogen (secondary N) is 1. The van der Waals surface area contributed by atoms with E-state index in [-0.39, 0.29) is 23.8 Å². The van der Waals surface area contributed by atoms with E-state index in [4.69, 9.17) is 0 Å². The highest BCUT2D eigenvalue weighted by Gasteiger charge is 2.80. The van der Waals surface area contributed by atoms with Gasteiger partial charge in [-0.1, -0.05) is 29.8 Å². The molecule has 1 heterocycles.